The monoisotopic (exact) mass is 467 g/mol. The first-order valence-electron chi connectivity index (χ1n) is 9.57. The highest BCUT2D eigenvalue weighted by Gasteiger charge is 2.21. The first kappa shape index (κ1) is 19.0. The van der Waals surface area contributed by atoms with Crippen LogP contribution in [-0.4, -0.2) is 46.5 Å². The number of anilines is 1. The van der Waals surface area contributed by atoms with Gasteiger partial charge in [0.2, 0.25) is 5.89 Å². The van der Waals surface area contributed by atoms with Crippen molar-refractivity contribution in [2.24, 2.45) is 0 Å². The van der Waals surface area contributed by atoms with Gasteiger partial charge in [-0.1, -0.05) is 24.3 Å². The molecule has 2 aromatic carbocycles. The van der Waals surface area contributed by atoms with E-state index in [1.807, 2.05) is 48.5 Å². The van der Waals surface area contributed by atoms with E-state index in [1.165, 1.54) is 0 Å². The molecule has 1 aliphatic rings. The lowest BCUT2D eigenvalue weighted by Crippen LogP contribution is -2.37. The Bertz CT molecular complexity index is 1180. The predicted octanol–water partition coefficient (Wildman–Crippen LogP) is 3.86. The molecular formula is C21H18BrN5O3. The van der Waals surface area contributed by atoms with Crippen molar-refractivity contribution >= 4 is 32.8 Å². The number of benzene rings is 2. The number of ether oxygens (including phenoxy) is 2. The van der Waals surface area contributed by atoms with Crippen LogP contribution in [0.1, 0.15) is 5.89 Å². The number of aromatic nitrogens is 4. The lowest BCUT2D eigenvalue weighted by atomic mass is 10.2. The van der Waals surface area contributed by atoms with Crippen LogP contribution in [0.2, 0.25) is 0 Å². The molecule has 0 spiro atoms. The largest absolute Gasteiger partial charge is 0.465 e. The van der Waals surface area contributed by atoms with Crippen molar-refractivity contribution < 1.29 is 13.9 Å². The molecule has 1 fully saturated rings. The molecule has 0 bridgehead atoms. The van der Waals surface area contributed by atoms with Crippen molar-refractivity contribution in [3.63, 3.8) is 0 Å². The van der Waals surface area contributed by atoms with Gasteiger partial charge >= 0.3 is 0 Å². The van der Waals surface area contributed by atoms with Crippen LogP contribution >= 0.6 is 15.9 Å². The Morgan fingerprint density at radius 2 is 1.67 bits per heavy atom. The molecule has 30 heavy (non-hydrogen) atoms. The van der Waals surface area contributed by atoms with E-state index in [-0.39, 0.29) is 6.61 Å². The SMILES string of the molecule is Brc1ccccc1-c1nnc(COc2nc3ccccc3nc2N2CCOCC2)o1. The minimum Gasteiger partial charge on any atom is -0.465 e. The molecule has 0 saturated carbocycles. The predicted molar refractivity (Wildman–Crippen MR) is 114 cm³/mol. The maximum atomic E-state index is 6.00. The Hall–Kier alpha value is -3.04. The van der Waals surface area contributed by atoms with Crippen LogP contribution < -0.4 is 9.64 Å². The minimum absolute atomic E-state index is 0.0990. The van der Waals surface area contributed by atoms with Crippen LogP contribution in [0.15, 0.2) is 57.4 Å². The van der Waals surface area contributed by atoms with Crippen molar-refractivity contribution in [1.82, 2.24) is 20.2 Å². The Morgan fingerprint density at radius 1 is 0.933 bits per heavy atom. The van der Waals surface area contributed by atoms with Crippen molar-refractivity contribution in [2.45, 2.75) is 6.61 Å². The van der Waals surface area contributed by atoms with Gasteiger partial charge in [0, 0.05) is 17.6 Å². The van der Waals surface area contributed by atoms with Crippen molar-refractivity contribution in [1.29, 1.82) is 0 Å². The highest BCUT2D eigenvalue weighted by Crippen LogP contribution is 2.29. The molecule has 5 rings (SSSR count). The molecule has 0 amide bonds. The third-order valence-electron chi connectivity index (χ3n) is 4.74. The number of hydrogen-bond acceptors (Lipinski definition) is 8. The van der Waals surface area contributed by atoms with E-state index in [0.29, 0.717) is 36.7 Å². The highest BCUT2D eigenvalue weighted by molar-refractivity contribution is 9.10. The van der Waals surface area contributed by atoms with Gasteiger partial charge in [-0.25, -0.2) is 9.97 Å². The summed E-state index contributed by atoms with van der Waals surface area (Å²) in [5.41, 5.74) is 2.42. The molecule has 0 atom stereocenters. The average molecular weight is 468 g/mol. The summed E-state index contributed by atoms with van der Waals surface area (Å²) in [5.74, 6) is 1.93. The highest BCUT2D eigenvalue weighted by atomic mass is 79.9. The first-order chi connectivity index (χ1) is 14.8. The second-order valence-electron chi connectivity index (χ2n) is 6.71. The third kappa shape index (κ3) is 3.86. The van der Waals surface area contributed by atoms with E-state index < -0.39 is 0 Å². The van der Waals surface area contributed by atoms with Gasteiger partial charge in [0.1, 0.15) is 0 Å². The van der Waals surface area contributed by atoms with Crippen LogP contribution in [0.4, 0.5) is 5.82 Å². The van der Waals surface area contributed by atoms with Gasteiger partial charge in [0.15, 0.2) is 12.4 Å². The van der Waals surface area contributed by atoms with Gasteiger partial charge in [0.05, 0.1) is 29.8 Å². The van der Waals surface area contributed by atoms with Gasteiger partial charge in [-0.15, -0.1) is 10.2 Å². The molecule has 4 aromatic rings. The molecule has 2 aromatic heterocycles. The van der Waals surface area contributed by atoms with Crippen LogP contribution in [-0.2, 0) is 11.3 Å². The zero-order chi connectivity index (χ0) is 20.3. The average Bonchev–Trinajstić information content (AvgIpc) is 3.27. The normalized spacial score (nSPS) is 14.2. The maximum Gasteiger partial charge on any atom is 0.258 e. The topological polar surface area (TPSA) is 86.4 Å². The number of nitrogens with zero attached hydrogens (tertiary/aromatic N) is 5. The zero-order valence-electron chi connectivity index (χ0n) is 16.0. The summed E-state index contributed by atoms with van der Waals surface area (Å²) in [6.45, 7) is 2.86. The van der Waals surface area contributed by atoms with Gasteiger partial charge in [-0.05, 0) is 40.2 Å². The fraction of sp³-hybridized carbons (Fsp3) is 0.238. The number of halogens is 1. The van der Waals surface area contributed by atoms with E-state index in [1.54, 1.807) is 0 Å². The molecule has 0 N–H and O–H groups in total. The summed E-state index contributed by atoms with van der Waals surface area (Å²) in [5, 5.41) is 8.24. The summed E-state index contributed by atoms with van der Waals surface area (Å²) >= 11 is 3.50. The van der Waals surface area contributed by atoms with Gasteiger partial charge in [-0.2, -0.15) is 0 Å². The van der Waals surface area contributed by atoms with Crippen LogP contribution in [0.5, 0.6) is 5.88 Å². The van der Waals surface area contributed by atoms with Crippen LogP contribution in [0.3, 0.4) is 0 Å². The van der Waals surface area contributed by atoms with Crippen LogP contribution in [0.25, 0.3) is 22.5 Å². The zero-order valence-corrected chi connectivity index (χ0v) is 17.6. The Kier molecular flexibility index (Phi) is 5.29. The van der Waals surface area contributed by atoms with E-state index in [2.05, 4.69) is 36.0 Å². The Balaban J connectivity index is 1.41. The molecule has 3 heterocycles. The first-order valence-corrected chi connectivity index (χ1v) is 10.4. The lowest BCUT2D eigenvalue weighted by molar-refractivity contribution is 0.122. The van der Waals surface area contributed by atoms with Crippen molar-refractivity contribution in [3.8, 4) is 17.3 Å². The number of morpholine rings is 1. The second-order valence-corrected chi connectivity index (χ2v) is 7.56. The molecule has 0 aliphatic carbocycles. The number of rotatable bonds is 5. The van der Waals surface area contributed by atoms with Crippen molar-refractivity contribution in [3.05, 3.63) is 58.9 Å². The molecule has 8 nitrogen and oxygen atoms in total. The molecule has 1 saturated heterocycles. The van der Waals surface area contributed by atoms with E-state index in [9.17, 15) is 0 Å². The smallest absolute Gasteiger partial charge is 0.258 e. The van der Waals surface area contributed by atoms with Gasteiger partial charge in [-0.3, -0.25) is 0 Å². The summed E-state index contributed by atoms with van der Waals surface area (Å²) in [4.78, 5) is 11.6. The van der Waals surface area contributed by atoms with Gasteiger partial charge < -0.3 is 18.8 Å². The minimum atomic E-state index is 0.0990. The molecule has 0 unspecified atom stereocenters. The van der Waals surface area contributed by atoms with Gasteiger partial charge in [0.25, 0.3) is 11.8 Å². The fourth-order valence-corrected chi connectivity index (χ4v) is 3.69. The molecule has 9 heteroatoms. The number of fused-ring (bicyclic) bond motifs is 1. The summed E-state index contributed by atoms with van der Waals surface area (Å²) in [6, 6.07) is 15.4. The molecule has 152 valence electrons. The molecule has 0 radical (unpaired) electrons. The third-order valence-corrected chi connectivity index (χ3v) is 5.43. The van der Waals surface area contributed by atoms with Crippen LogP contribution in [0, 0.1) is 0 Å². The Morgan fingerprint density at radius 3 is 2.47 bits per heavy atom. The quantitative estimate of drug-likeness (QED) is 0.437. The molecular weight excluding hydrogens is 450 g/mol. The number of hydrogen-bond donors (Lipinski definition) is 0. The summed E-state index contributed by atoms with van der Waals surface area (Å²) in [7, 11) is 0. The molecule has 1 aliphatic heterocycles. The maximum absolute atomic E-state index is 6.00. The lowest BCUT2D eigenvalue weighted by Gasteiger charge is -2.28. The Labute approximate surface area is 181 Å². The van der Waals surface area contributed by atoms with E-state index in [4.69, 9.17) is 18.9 Å². The van der Waals surface area contributed by atoms with Crippen molar-refractivity contribution in [2.75, 3.05) is 31.2 Å². The van der Waals surface area contributed by atoms with E-state index in [0.717, 1.165) is 34.2 Å². The fourth-order valence-electron chi connectivity index (χ4n) is 3.24. The summed E-state index contributed by atoms with van der Waals surface area (Å²) in [6.07, 6.45) is 0. The standard InChI is InChI=1S/C21H18BrN5O3/c22-15-6-2-1-5-14(15)20-26-25-18(30-20)13-29-21-19(27-9-11-28-12-10-27)23-16-7-3-4-8-17(16)24-21/h1-8H,9-13H2. The number of para-hydroxylation sites is 2. The van der Waals surface area contributed by atoms with E-state index >= 15 is 0 Å². The second kappa shape index (κ2) is 8.37. The summed E-state index contributed by atoms with van der Waals surface area (Å²) < 4.78 is 18.1.